The zero-order valence-electron chi connectivity index (χ0n) is 7.78. The maximum atomic E-state index is 5.10. The fourth-order valence-corrected chi connectivity index (χ4v) is 3.43. The molecule has 0 aromatic carbocycles. The minimum absolute atomic E-state index is 1.30. The summed E-state index contributed by atoms with van der Waals surface area (Å²) in [7, 11) is -1.54. The van der Waals surface area contributed by atoms with E-state index < -0.39 is 8.07 Å². The van der Waals surface area contributed by atoms with Crippen LogP contribution in [-0.4, -0.2) is 8.07 Å². The third-order valence-corrected chi connectivity index (χ3v) is 5.94. The maximum Gasteiger partial charge on any atom is 0.120 e. The molecule has 0 N–H and O–H groups in total. The van der Waals surface area contributed by atoms with Crippen LogP contribution in [0.3, 0.4) is 0 Å². The predicted molar refractivity (Wildman–Crippen MR) is 54.2 cm³/mol. The van der Waals surface area contributed by atoms with Gasteiger partial charge in [-0.3, -0.25) is 0 Å². The molecule has 0 unspecified atom stereocenters. The van der Waals surface area contributed by atoms with E-state index in [-0.39, 0.29) is 0 Å². The van der Waals surface area contributed by atoms with Gasteiger partial charge in [0.15, 0.2) is 0 Å². The average Bonchev–Trinajstić information content (AvgIpc) is 2.78. The lowest BCUT2D eigenvalue weighted by Crippen LogP contribution is -2.51. The summed E-state index contributed by atoms with van der Waals surface area (Å²) in [6.07, 6.45) is 7.12. The van der Waals surface area contributed by atoms with Gasteiger partial charge in [-0.05, 0) is 22.5 Å². The van der Waals surface area contributed by atoms with E-state index in [1.165, 1.54) is 10.4 Å². The van der Waals surface area contributed by atoms with Gasteiger partial charge in [0.2, 0.25) is 0 Å². The molecule has 0 saturated carbocycles. The van der Waals surface area contributed by atoms with Crippen molar-refractivity contribution in [3.05, 3.63) is 37.2 Å². The lowest BCUT2D eigenvalue weighted by atomic mass is 10.6. The highest BCUT2D eigenvalue weighted by Gasteiger charge is 2.27. The predicted octanol–water partition coefficient (Wildman–Crippen LogP) is 1.70. The highest BCUT2D eigenvalue weighted by molar-refractivity contribution is 7.00. The van der Waals surface area contributed by atoms with Crippen molar-refractivity contribution in [3.8, 4) is 0 Å². The molecular weight excluding hydrogens is 180 g/mol. The van der Waals surface area contributed by atoms with Gasteiger partial charge in [0, 0.05) is 0 Å². The number of hydrogen-bond acceptors (Lipinski definition) is 2. The van der Waals surface area contributed by atoms with E-state index in [0.717, 1.165) is 0 Å². The minimum atomic E-state index is -1.54. The molecular formula is C10H12O2Si. The molecule has 3 heteroatoms. The summed E-state index contributed by atoms with van der Waals surface area (Å²) in [5, 5.41) is 2.60. The molecule has 2 aromatic heterocycles. The Bertz CT molecular complexity index is 323. The van der Waals surface area contributed by atoms with Crippen molar-refractivity contribution in [1.29, 1.82) is 0 Å². The Labute approximate surface area is 78.2 Å². The van der Waals surface area contributed by atoms with Crippen molar-refractivity contribution in [2.24, 2.45) is 0 Å². The fraction of sp³-hybridized carbons (Fsp3) is 0.200. The van der Waals surface area contributed by atoms with Crippen molar-refractivity contribution in [3.63, 3.8) is 0 Å². The second-order valence-electron chi connectivity index (χ2n) is 3.65. The van der Waals surface area contributed by atoms with Crippen LogP contribution in [0.25, 0.3) is 0 Å². The fourth-order valence-electron chi connectivity index (χ4n) is 1.41. The summed E-state index contributed by atoms with van der Waals surface area (Å²) in [5.74, 6) is 0. The van der Waals surface area contributed by atoms with Gasteiger partial charge >= 0.3 is 0 Å². The van der Waals surface area contributed by atoms with Gasteiger partial charge in [0.25, 0.3) is 0 Å². The van der Waals surface area contributed by atoms with Gasteiger partial charge in [-0.2, -0.15) is 0 Å². The number of hydrogen-bond donors (Lipinski definition) is 0. The van der Waals surface area contributed by atoms with Crippen molar-refractivity contribution in [1.82, 2.24) is 0 Å². The van der Waals surface area contributed by atoms with Crippen molar-refractivity contribution in [2.45, 2.75) is 13.1 Å². The molecule has 2 heterocycles. The molecule has 0 aliphatic rings. The summed E-state index contributed by atoms with van der Waals surface area (Å²) in [6.45, 7) is 4.56. The van der Waals surface area contributed by atoms with Crippen molar-refractivity contribution >= 4 is 18.4 Å². The maximum absolute atomic E-state index is 5.10. The van der Waals surface area contributed by atoms with Crippen LogP contribution in [0.15, 0.2) is 46.0 Å². The second-order valence-corrected chi connectivity index (χ2v) is 8.05. The van der Waals surface area contributed by atoms with Crippen LogP contribution in [0.1, 0.15) is 0 Å². The quantitative estimate of drug-likeness (QED) is 0.677. The first kappa shape index (κ1) is 8.38. The summed E-state index contributed by atoms with van der Waals surface area (Å²) < 4.78 is 10.2. The van der Waals surface area contributed by atoms with Crippen LogP contribution in [0.4, 0.5) is 0 Å². The summed E-state index contributed by atoms with van der Waals surface area (Å²) in [4.78, 5) is 0. The lowest BCUT2D eigenvalue weighted by Gasteiger charge is -2.17. The van der Waals surface area contributed by atoms with Crippen LogP contribution >= 0.6 is 0 Å². The second kappa shape index (κ2) is 2.92. The van der Waals surface area contributed by atoms with Crippen molar-refractivity contribution < 1.29 is 8.83 Å². The van der Waals surface area contributed by atoms with Crippen LogP contribution < -0.4 is 10.4 Å². The first-order chi connectivity index (χ1) is 6.21. The smallest absolute Gasteiger partial charge is 0.120 e. The van der Waals surface area contributed by atoms with Gasteiger partial charge in [0.1, 0.15) is 8.07 Å². The Kier molecular flexibility index (Phi) is 1.88. The molecule has 0 aliphatic carbocycles. The largest absolute Gasteiger partial charge is 0.473 e. The average molecular weight is 192 g/mol. The summed E-state index contributed by atoms with van der Waals surface area (Å²) in [6, 6.07) is 4.08. The summed E-state index contributed by atoms with van der Waals surface area (Å²) in [5.41, 5.74) is 0. The van der Waals surface area contributed by atoms with Gasteiger partial charge < -0.3 is 8.83 Å². The highest BCUT2D eigenvalue weighted by Crippen LogP contribution is 2.04. The van der Waals surface area contributed by atoms with Gasteiger partial charge in [-0.15, -0.1) is 0 Å². The molecule has 2 nitrogen and oxygen atoms in total. The summed E-state index contributed by atoms with van der Waals surface area (Å²) >= 11 is 0. The zero-order valence-corrected chi connectivity index (χ0v) is 8.78. The Morgan fingerprint density at radius 2 is 1.38 bits per heavy atom. The molecule has 0 spiro atoms. The molecule has 68 valence electrons. The van der Waals surface area contributed by atoms with E-state index in [1.54, 1.807) is 12.5 Å². The molecule has 0 saturated heterocycles. The molecule has 2 aromatic rings. The van der Waals surface area contributed by atoms with E-state index in [2.05, 4.69) is 13.1 Å². The number of furan rings is 2. The van der Waals surface area contributed by atoms with E-state index in [9.17, 15) is 0 Å². The standard InChI is InChI=1S/C10H12O2Si/c1-13(2,9-3-5-11-7-9)10-4-6-12-8-10/h3-8H,1-2H3. The molecule has 0 aliphatic heterocycles. The van der Waals surface area contributed by atoms with Gasteiger partial charge in [-0.1, -0.05) is 13.1 Å². The van der Waals surface area contributed by atoms with Crippen LogP contribution in [0.5, 0.6) is 0 Å². The number of rotatable bonds is 2. The normalized spacial score (nSPS) is 11.8. The van der Waals surface area contributed by atoms with Crippen LogP contribution in [0, 0.1) is 0 Å². The molecule has 0 atom stereocenters. The topological polar surface area (TPSA) is 26.3 Å². The lowest BCUT2D eigenvalue weighted by molar-refractivity contribution is 0.568. The Hall–Kier alpha value is -1.22. The Morgan fingerprint density at radius 1 is 0.923 bits per heavy atom. The van der Waals surface area contributed by atoms with Gasteiger partial charge in [-0.25, -0.2) is 0 Å². The molecule has 0 radical (unpaired) electrons. The minimum Gasteiger partial charge on any atom is -0.473 e. The van der Waals surface area contributed by atoms with E-state index in [4.69, 9.17) is 8.83 Å². The third kappa shape index (κ3) is 1.35. The molecule has 0 fully saturated rings. The molecule has 0 amide bonds. The Balaban J connectivity index is 2.42. The van der Waals surface area contributed by atoms with Gasteiger partial charge in [0.05, 0.1) is 25.1 Å². The van der Waals surface area contributed by atoms with E-state index in [1.807, 2.05) is 24.7 Å². The highest BCUT2D eigenvalue weighted by atomic mass is 28.3. The molecule has 2 rings (SSSR count). The Morgan fingerprint density at radius 3 is 1.69 bits per heavy atom. The SMILES string of the molecule is C[Si](C)(c1ccoc1)c1ccoc1. The molecule has 0 bridgehead atoms. The van der Waals surface area contributed by atoms with E-state index >= 15 is 0 Å². The van der Waals surface area contributed by atoms with Crippen molar-refractivity contribution in [2.75, 3.05) is 0 Å². The van der Waals surface area contributed by atoms with E-state index in [0.29, 0.717) is 0 Å². The monoisotopic (exact) mass is 192 g/mol. The zero-order chi connectivity index (χ0) is 9.31. The van der Waals surface area contributed by atoms with Crippen LogP contribution in [-0.2, 0) is 0 Å². The van der Waals surface area contributed by atoms with Crippen LogP contribution in [0.2, 0.25) is 13.1 Å². The first-order valence-corrected chi connectivity index (χ1v) is 7.26. The molecule has 13 heavy (non-hydrogen) atoms. The third-order valence-electron chi connectivity index (χ3n) is 2.49. The first-order valence-electron chi connectivity index (χ1n) is 4.26.